The second-order valence-corrected chi connectivity index (χ2v) is 2.98. The summed E-state index contributed by atoms with van der Waals surface area (Å²) in [7, 11) is 0. The lowest BCUT2D eigenvalue weighted by Crippen LogP contribution is -2.16. The highest BCUT2D eigenvalue weighted by Gasteiger charge is 2.13. The van der Waals surface area contributed by atoms with Crippen LogP contribution in [-0.2, 0) is 0 Å². The number of benzene rings is 1. The number of rotatable bonds is 3. The third-order valence-corrected chi connectivity index (χ3v) is 1.91. The summed E-state index contributed by atoms with van der Waals surface area (Å²) in [4.78, 5) is 0. The molecule has 0 aliphatic rings. The highest BCUT2D eigenvalue weighted by Crippen LogP contribution is 2.19. The molecule has 0 saturated heterocycles. The van der Waals surface area contributed by atoms with Crippen molar-refractivity contribution in [3.05, 3.63) is 35.1 Å². The first kappa shape index (κ1) is 11.0. The summed E-state index contributed by atoms with van der Waals surface area (Å²) in [5, 5.41) is 0. The normalized spacial score (nSPS) is 12.9. The molecule has 14 heavy (non-hydrogen) atoms. The van der Waals surface area contributed by atoms with E-state index in [1.807, 2.05) is 0 Å². The standard InChI is InChI=1S/C9H11F3N2/c10-6-3-5(8(14)1-2-13)4-7(11)9(6)12/h3-4,8H,1-2,13-14H2/t8-/m1/s1. The molecule has 0 aliphatic carbocycles. The van der Waals surface area contributed by atoms with Crippen molar-refractivity contribution in [3.8, 4) is 0 Å². The Kier molecular flexibility index (Phi) is 3.49. The topological polar surface area (TPSA) is 52.0 Å². The molecule has 2 nitrogen and oxygen atoms in total. The Morgan fingerprint density at radius 1 is 1.14 bits per heavy atom. The molecule has 0 aromatic heterocycles. The van der Waals surface area contributed by atoms with E-state index in [4.69, 9.17) is 11.5 Å². The molecule has 1 aromatic carbocycles. The van der Waals surface area contributed by atoms with Gasteiger partial charge in [0.1, 0.15) is 0 Å². The lowest BCUT2D eigenvalue weighted by molar-refractivity contribution is 0.443. The molecule has 0 aliphatic heterocycles. The van der Waals surface area contributed by atoms with Gasteiger partial charge in [-0.05, 0) is 30.7 Å². The molecule has 0 heterocycles. The van der Waals surface area contributed by atoms with Gasteiger partial charge < -0.3 is 11.5 Å². The minimum absolute atomic E-state index is 0.215. The van der Waals surface area contributed by atoms with Gasteiger partial charge in [-0.25, -0.2) is 13.2 Å². The summed E-state index contributed by atoms with van der Waals surface area (Å²) in [6.45, 7) is 0.307. The molecule has 1 rings (SSSR count). The number of hydrogen-bond donors (Lipinski definition) is 2. The van der Waals surface area contributed by atoms with Crippen LogP contribution in [0.2, 0.25) is 0 Å². The van der Waals surface area contributed by atoms with Gasteiger partial charge in [0.25, 0.3) is 0 Å². The zero-order valence-corrected chi connectivity index (χ0v) is 7.43. The van der Waals surface area contributed by atoms with Crippen LogP contribution in [0.5, 0.6) is 0 Å². The van der Waals surface area contributed by atoms with Crippen LogP contribution in [0.15, 0.2) is 12.1 Å². The molecule has 0 spiro atoms. The van der Waals surface area contributed by atoms with Gasteiger partial charge in [0.15, 0.2) is 17.5 Å². The fourth-order valence-electron chi connectivity index (χ4n) is 1.14. The van der Waals surface area contributed by atoms with Crippen molar-refractivity contribution >= 4 is 0 Å². The van der Waals surface area contributed by atoms with E-state index in [-0.39, 0.29) is 5.56 Å². The van der Waals surface area contributed by atoms with Crippen LogP contribution in [-0.4, -0.2) is 6.54 Å². The lowest BCUT2D eigenvalue weighted by Gasteiger charge is -2.10. The van der Waals surface area contributed by atoms with E-state index in [2.05, 4.69) is 0 Å². The fourth-order valence-corrected chi connectivity index (χ4v) is 1.14. The van der Waals surface area contributed by atoms with Crippen molar-refractivity contribution in [1.82, 2.24) is 0 Å². The molecule has 1 aromatic rings. The van der Waals surface area contributed by atoms with E-state index >= 15 is 0 Å². The molecule has 0 saturated carbocycles. The first-order valence-corrected chi connectivity index (χ1v) is 4.16. The fraction of sp³-hybridized carbons (Fsp3) is 0.333. The van der Waals surface area contributed by atoms with Crippen LogP contribution in [0.3, 0.4) is 0 Å². The molecular weight excluding hydrogens is 193 g/mol. The van der Waals surface area contributed by atoms with Gasteiger partial charge in [-0.1, -0.05) is 0 Å². The molecule has 5 heteroatoms. The van der Waals surface area contributed by atoms with Crippen LogP contribution in [0.1, 0.15) is 18.0 Å². The van der Waals surface area contributed by atoms with Gasteiger partial charge >= 0.3 is 0 Å². The Hall–Kier alpha value is -1.07. The third-order valence-electron chi connectivity index (χ3n) is 1.91. The van der Waals surface area contributed by atoms with Crippen LogP contribution in [0.25, 0.3) is 0 Å². The van der Waals surface area contributed by atoms with E-state index < -0.39 is 23.5 Å². The Bertz CT molecular complexity index is 305. The molecular formula is C9H11F3N2. The Balaban J connectivity index is 3.00. The largest absolute Gasteiger partial charge is 0.330 e. The van der Waals surface area contributed by atoms with Gasteiger partial charge in [0.2, 0.25) is 0 Å². The minimum Gasteiger partial charge on any atom is -0.330 e. The predicted molar refractivity (Wildman–Crippen MR) is 46.9 cm³/mol. The summed E-state index contributed by atoms with van der Waals surface area (Å²) in [6, 6.07) is 1.21. The van der Waals surface area contributed by atoms with Crippen LogP contribution in [0.4, 0.5) is 13.2 Å². The summed E-state index contributed by atoms with van der Waals surface area (Å²) in [5.41, 5.74) is 11.0. The van der Waals surface area contributed by atoms with Crippen LogP contribution in [0, 0.1) is 17.5 Å². The van der Waals surface area contributed by atoms with E-state index in [9.17, 15) is 13.2 Å². The SMILES string of the molecule is NCC[C@@H](N)c1cc(F)c(F)c(F)c1. The molecule has 4 N–H and O–H groups in total. The van der Waals surface area contributed by atoms with E-state index in [0.29, 0.717) is 13.0 Å². The van der Waals surface area contributed by atoms with Gasteiger partial charge in [-0.15, -0.1) is 0 Å². The summed E-state index contributed by atoms with van der Waals surface area (Å²) in [6.07, 6.45) is 0.393. The van der Waals surface area contributed by atoms with Gasteiger partial charge in [0, 0.05) is 6.04 Å². The average molecular weight is 204 g/mol. The monoisotopic (exact) mass is 204 g/mol. The molecule has 0 radical (unpaired) electrons. The maximum Gasteiger partial charge on any atom is 0.194 e. The van der Waals surface area contributed by atoms with E-state index in [1.165, 1.54) is 0 Å². The van der Waals surface area contributed by atoms with Crippen molar-refractivity contribution in [2.24, 2.45) is 11.5 Å². The molecule has 78 valence electrons. The molecule has 1 atom stereocenters. The first-order chi connectivity index (χ1) is 6.56. The number of nitrogens with two attached hydrogens (primary N) is 2. The highest BCUT2D eigenvalue weighted by molar-refractivity contribution is 5.22. The smallest absolute Gasteiger partial charge is 0.194 e. The molecule has 0 fully saturated rings. The summed E-state index contributed by atoms with van der Waals surface area (Å²) in [5.74, 6) is -3.94. The Morgan fingerprint density at radius 2 is 1.64 bits per heavy atom. The van der Waals surface area contributed by atoms with Crippen molar-refractivity contribution in [1.29, 1.82) is 0 Å². The van der Waals surface area contributed by atoms with Gasteiger partial charge in [-0.3, -0.25) is 0 Å². The average Bonchev–Trinajstić information content (AvgIpc) is 2.13. The van der Waals surface area contributed by atoms with Crippen molar-refractivity contribution in [2.75, 3.05) is 6.54 Å². The highest BCUT2D eigenvalue weighted by atomic mass is 19.2. The minimum atomic E-state index is -1.48. The van der Waals surface area contributed by atoms with Gasteiger partial charge in [0.05, 0.1) is 0 Å². The Labute approximate surface area is 79.7 Å². The second-order valence-electron chi connectivity index (χ2n) is 2.98. The molecule has 0 amide bonds. The number of halogens is 3. The third kappa shape index (κ3) is 2.24. The number of hydrogen-bond acceptors (Lipinski definition) is 2. The van der Waals surface area contributed by atoms with E-state index in [1.54, 1.807) is 0 Å². The summed E-state index contributed by atoms with van der Waals surface area (Å²) < 4.78 is 38.0. The van der Waals surface area contributed by atoms with Crippen molar-refractivity contribution < 1.29 is 13.2 Å². The summed E-state index contributed by atoms with van der Waals surface area (Å²) >= 11 is 0. The first-order valence-electron chi connectivity index (χ1n) is 4.16. The predicted octanol–water partition coefficient (Wildman–Crippen LogP) is 1.45. The Morgan fingerprint density at radius 3 is 2.07 bits per heavy atom. The zero-order valence-electron chi connectivity index (χ0n) is 7.43. The van der Waals surface area contributed by atoms with Crippen molar-refractivity contribution in [3.63, 3.8) is 0 Å². The molecule has 0 unspecified atom stereocenters. The lowest BCUT2D eigenvalue weighted by atomic mass is 10.0. The maximum atomic E-state index is 12.7. The van der Waals surface area contributed by atoms with E-state index in [0.717, 1.165) is 12.1 Å². The van der Waals surface area contributed by atoms with Gasteiger partial charge in [-0.2, -0.15) is 0 Å². The quantitative estimate of drug-likeness (QED) is 0.732. The van der Waals surface area contributed by atoms with Crippen LogP contribution >= 0.6 is 0 Å². The van der Waals surface area contributed by atoms with Crippen LogP contribution < -0.4 is 11.5 Å². The molecule has 0 bridgehead atoms. The van der Waals surface area contributed by atoms with Crippen molar-refractivity contribution in [2.45, 2.75) is 12.5 Å². The zero-order chi connectivity index (χ0) is 10.7. The second kappa shape index (κ2) is 4.43. The maximum absolute atomic E-state index is 12.7.